The molecule has 9 nitrogen and oxygen atoms in total. The number of methoxy groups -OCH3 is 3. The summed E-state index contributed by atoms with van der Waals surface area (Å²) in [7, 11) is 4.34. The van der Waals surface area contributed by atoms with Crippen LogP contribution >= 0.6 is 0 Å². The van der Waals surface area contributed by atoms with Crippen LogP contribution in [-0.2, 0) is 16.1 Å². The monoisotopic (exact) mass is 439 g/mol. The van der Waals surface area contributed by atoms with Gasteiger partial charge in [-0.3, -0.25) is 14.2 Å². The second kappa shape index (κ2) is 9.86. The molecule has 168 valence electrons. The molecule has 3 rings (SSSR count). The first-order valence-corrected chi connectivity index (χ1v) is 9.81. The topological polar surface area (TPSA) is 103 Å². The van der Waals surface area contributed by atoms with E-state index in [2.05, 4.69) is 4.98 Å². The summed E-state index contributed by atoms with van der Waals surface area (Å²) in [5, 5.41) is 0. The molecule has 1 aromatic heterocycles. The smallest absolute Gasteiger partial charge is 0.330 e. The molecule has 0 spiro atoms. The second-order valence-corrected chi connectivity index (χ2v) is 7.08. The molecule has 1 N–H and O–H groups in total. The van der Waals surface area contributed by atoms with Gasteiger partial charge in [-0.1, -0.05) is 0 Å². The molecule has 0 aliphatic heterocycles. The minimum Gasteiger partial charge on any atom is -0.497 e. The number of hydrogen-bond acceptors (Lipinski definition) is 6. The molecule has 0 fully saturated rings. The first kappa shape index (κ1) is 22.7. The molecule has 0 radical (unpaired) electrons. The van der Waals surface area contributed by atoms with Gasteiger partial charge in [-0.2, -0.15) is 0 Å². The Bertz CT molecular complexity index is 1140. The van der Waals surface area contributed by atoms with Crippen molar-refractivity contribution in [2.75, 3.05) is 27.9 Å². The molecule has 2 aromatic carbocycles. The molecule has 9 heteroatoms. The molecule has 0 saturated carbocycles. The van der Waals surface area contributed by atoms with Gasteiger partial charge in [-0.15, -0.1) is 0 Å². The van der Waals surface area contributed by atoms with Gasteiger partial charge in [0.25, 0.3) is 5.91 Å². The summed E-state index contributed by atoms with van der Waals surface area (Å²) >= 11 is 0. The maximum absolute atomic E-state index is 13.2. The van der Waals surface area contributed by atoms with Crippen molar-refractivity contribution >= 4 is 11.9 Å². The number of ether oxygens (including phenoxy) is 3. The van der Waals surface area contributed by atoms with Crippen molar-refractivity contribution in [2.24, 2.45) is 0 Å². The molecule has 0 atom stereocenters. The largest absolute Gasteiger partial charge is 0.497 e. The number of aromatic amines is 1. The lowest BCUT2D eigenvalue weighted by Crippen LogP contribution is -2.35. The Hall–Kier alpha value is -4.01. The van der Waals surface area contributed by atoms with E-state index in [0.717, 1.165) is 11.3 Å². The van der Waals surface area contributed by atoms with Gasteiger partial charge in [0.15, 0.2) is 0 Å². The fourth-order valence-corrected chi connectivity index (χ4v) is 3.31. The first-order chi connectivity index (χ1) is 15.4. The predicted molar refractivity (Wildman–Crippen MR) is 117 cm³/mol. The van der Waals surface area contributed by atoms with E-state index in [-0.39, 0.29) is 24.7 Å². The number of rotatable bonds is 8. The van der Waals surface area contributed by atoms with Crippen LogP contribution in [0.4, 0.5) is 0 Å². The summed E-state index contributed by atoms with van der Waals surface area (Å²) < 4.78 is 16.8. The standard InChI is InChI=1S/C23H25N3O6/c1-15-12-24-23(29)26(15)18-7-5-17(6-8-18)22(28)25(14-21(27)32-4)13-16-9-19(30-2)11-20(10-16)31-3/h5-12H,13-14H2,1-4H3,(H,24,29). The minimum atomic E-state index is -0.542. The summed E-state index contributed by atoms with van der Waals surface area (Å²) in [4.78, 5) is 41.2. The van der Waals surface area contributed by atoms with Crippen LogP contribution in [-0.4, -0.2) is 54.2 Å². The summed E-state index contributed by atoms with van der Waals surface area (Å²) in [5.74, 6) is 0.240. The Morgan fingerprint density at radius 2 is 1.62 bits per heavy atom. The van der Waals surface area contributed by atoms with Crippen molar-refractivity contribution in [3.05, 3.63) is 76.0 Å². The molecule has 0 unspecified atom stereocenters. The normalized spacial score (nSPS) is 10.5. The number of aromatic nitrogens is 2. The van der Waals surface area contributed by atoms with Crippen LogP contribution in [0.25, 0.3) is 5.69 Å². The highest BCUT2D eigenvalue weighted by Crippen LogP contribution is 2.24. The Morgan fingerprint density at radius 1 is 1.00 bits per heavy atom. The van der Waals surface area contributed by atoms with Crippen LogP contribution in [0.3, 0.4) is 0 Å². The molecule has 0 saturated heterocycles. The fourth-order valence-electron chi connectivity index (χ4n) is 3.31. The number of carbonyl (C=O) groups excluding carboxylic acids is 2. The van der Waals surface area contributed by atoms with Crippen molar-refractivity contribution in [2.45, 2.75) is 13.5 Å². The van der Waals surface area contributed by atoms with Crippen LogP contribution in [0.5, 0.6) is 11.5 Å². The lowest BCUT2D eigenvalue weighted by atomic mass is 10.1. The molecular formula is C23H25N3O6. The van der Waals surface area contributed by atoms with Gasteiger partial charge in [-0.05, 0) is 48.9 Å². The number of aryl methyl sites for hydroxylation is 1. The number of H-pyrrole nitrogens is 1. The van der Waals surface area contributed by atoms with E-state index in [1.807, 2.05) is 0 Å². The van der Waals surface area contributed by atoms with E-state index in [9.17, 15) is 14.4 Å². The van der Waals surface area contributed by atoms with E-state index < -0.39 is 5.97 Å². The number of amides is 1. The third-order valence-electron chi connectivity index (χ3n) is 4.95. The first-order valence-electron chi connectivity index (χ1n) is 9.81. The van der Waals surface area contributed by atoms with Gasteiger partial charge >= 0.3 is 11.7 Å². The zero-order valence-corrected chi connectivity index (χ0v) is 18.4. The van der Waals surface area contributed by atoms with Gasteiger partial charge in [-0.25, -0.2) is 4.79 Å². The zero-order valence-electron chi connectivity index (χ0n) is 18.4. The van der Waals surface area contributed by atoms with Gasteiger partial charge < -0.3 is 24.1 Å². The minimum absolute atomic E-state index is 0.139. The molecular weight excluding hydrogens is 414 g/mol. The Balaban J connectivity index is 1.89. The molecule has 0 bridgehead atoms. The van der Waals surface area contributed by atoms with Gasteiger partial charge in [0.2, 0.25) is 0 Å². The van der Waals surface area contributed by atoms with Crippen LogP contribution in [0.2, 0.25) is 0 Å². The van der Waals surface area contributed by atoms with E-state index in [0.29, 0.717) is 22.7 Å². The lowest BCUT2D eigenvalue weighted by molar-refractivity contribution is -0.141. The molecule has 0 aliphatic rings. The maximum Gasteiger partial charge on any atom is 0.330 e. The van der Waals surface area contributed by atoms with Crippen molar-refractivity contribution in [3.63, 3.8) is 0 Å². The van der Waals surface area contributed by atoms with Crippen molar-refractivity contribution in [1.82, 2.24) is 14.5 Å². The number of imidazole rings is 1. The number of nitrogens with one attached hydrogen (secondary N) is 1. The summed E-state index contributed by atoms with van der Waals surface area (Å²) in [5.41, 5.74) is 2.20. The van der Waals surface area contributed by atoms with Gasteiger partial charge in [0.05, 0.1) is 27.0 Å². The Kier molecular flexibility index (Phi) is 6.99. The summed E-state index contributed by atoms with van der Waals surface area (Å²) in [6.07, 6.45) is 1.61. The summed E-state index contributed by atoms with van der Waals surface area (Å²) in [6.45, 7) is 1.71. The number of benzene rings is 2. The average molecular weight is 439 g/mol. The Morgan fingerprint density at radius 3 is 2.12 bits per heavy atom. The van der Waals surface area contributed by atoms with Gasteiger partial charge in [0, 0.05) is 30.1 Å². The van der Waals surface area contributed by atoms with E-state index >= 15 is 0 Å². The summed E-state index contributed by atoms with van der Waals surface area (Å²) in [6, 6.07) is 11.9. The maximum atomic E-state index is 13.2. The lowest BCUT2D eigenvalue weighted by Gasteiger charge is -2.22. The highest BCUT2D eigenvalue weighted by atomic mass is 16.5. The highest BCUT2D eigenvalue weighted by molar-refractivity contribution is 5.96. The second-order valence-electron chi connectivity index (χ2n) is 7.08. The Labute approximate surface area is 185 Å². The number of hydrogen-bond donors (Lipinski definition) is 1. The molecule has 32 heavy (non-hydrogen) atoms. The van der Waals surface area contributed by atoms with Crippen LogP contribution < -0.4 is 15.2 Å². The van der Waals surface area contributed by atoms with Crippen molar-refractivity contribution in [1.29, 1.82) is 0 Å². The highest BCUT2D eigenvalue weighted by Gasteiger charge is 2.21. The molecule has 1 amide bonds. The third-order valence-corrected chi connectivity index (χ3v) is 4.95. The third kappa shape index (κ3) is 5.00. The number of esters is 1. The van der Waals surface area contributed by atoms with E-state index in [1.54, 1.807) is 55.6 Å². The molecule has 1 heterocycles. The van der Waals surface area contributed by atoms with Crippen molar-refractivity contribution < 1.29 is 23.8 Å². The van der Waals surface area contributed by atoms with Crippen LogP contribution in [0.15, 0.2) is 53.5 Å². The molecule has 0 aliphatic carbocycles. The van der Waals surface area contributed by atoms with Crippen LogP contribution in [0, 0.1) is 6.92 Å². The van der Waals surface area contributed by atoms with E-state index in [1.165, 1.54) is 30.8 Å². The quantitative estimate of drug-likeness (QED) is 0.541. The SMILES string of the molecule is COC(=O)CN(Cc1cc(OC)cc(OC)c1)C(=O)c1ccc(-n2c(C)c[nH]c2=O)cc1. The predicted octanol–water partition coefficient (Wildman–Crippen LogP) is 2.31. The molecule has 3 aromatic rings. The van der Waals surface area contributed by atoms with E-state index in [4.69, 9.17) is 14.2 Å². The van der Waals surface area contributed by atoms with Crippen LogP contribution in [0.1, 0.15) is 21.6 Å². The van der Waals surface area contributed by atoms with Gasteiger partial charge in [0.1, 0.15) is 18.0 Å². The fraction of sp³-hybridized carbons (Fsp3) is 0.261. The zero-order chi connectivity index (χ0) is 23.3. The number of carbonyl (C=O) groups is 2. The average Bonchev–Trinajstić information content (AvgIpc) is 3.15. The number of nitrogens with zero attached hydrogens (tertiary/aromatic N) is 2. The van der Waals surface area contributed by atoms with Crippen molar-refractivity contribution in [3.8, 4) is 17.2 Å².